The van der Waals surface area contributed by atoms with E-state index in [4.69, 9.17) is 14.9 Å². The van der Waals surface area contributed by atoms with Crippen molar-refractivity contribution in [3.63, 3.8) is 0 Å². The molecule has 5 atom stereocenters. The molecule has 9 heteroatoms. The molecule has 1 aliphatic heterocycles. The van der Waals surface area contributed by atoms with E-state index < -0.39 is 48.8 Å². The predicted octanol–water partition coefficient (Wildman–Crippen LogP) is -3.46. The second-order valence-corrected chi connectivity index (χ2v) is 3.96. The SMILES string of the molecule is O=CN[C@H]1[C@H]([C@H](O)[C@H](O)CO)OC(C(=O)O)=C[C@@H]1O. The van der Waals surface area contributed by atoms with Crippen molar-refractivity contribution >= 4 is 12.4 Å². The van der Waals surface area contributed by atoms with Crippen LogP contribution in [-0.2, 0) is 14.3 Å². The van der Waals surface area contributed by atoms with Crippen LogP contribution in [0.15, 0.2) is 11.8 Å². The number of hydrogen-bond donors (Lipinski definition) is 6. The summed E-state index contributed by atoms with van der Waals surface area (Å²) < 4.78 is 4.93. The summed E-state index contributed by atoms with van der Waals surface area (Å²) in [6.45, 7) is -0.795. The summed E-state index contributed by atoms with van der Waals surface area (Å²) in [5, 5.41) is 48.4. The van der Waals surface area contributed by atoms with Gasteiger partial charge >= 0.3 is 5.97 Å². The molecule has 0 fully saturated rings. The highest BCUT2D eigenvalue weighted by Gasteiger charge is 2.42. The summed E-state index contributed by atoms with van der Waals surface area (Å²) in [4.78, 5) is 21.2. The minimum atomic E-state index is -1.69. The summed E-state index contributed by atoms with van der Waals surface area (Å²) >= 11 is 0. The highest BCUT2D eigenvalue weighted by atomic mass is 16.5. The lowest BCUT2D eigenvalue weighted by Crippen LogP contribution is -2.58. The van der Waals surface area contributed by atoms with Crippen LogP contribution in [-0.4, -0.2) is 75.0 Å². The average molecular weight is 277 g/mol. The maximum absolute atomic E-state index is 10.8. The highest BCUT2D eigenvalue weighted by molar-refractivity contribution is 5.84. The number of aliphatic hydroxyl groups excluding tert-OH is 4. The molecule has 0 aromatic heterocycles. The topological polar surface area (TPSA) is 157 Å². The number of carbonyl (C=O) groups is 2. The smallest absolute Gasteiger partial charge is 0.370 e. The zero-order chi connectivity index (χ0) is 14.6. The van der Waals surface area contributed by atoms with Crippen LogP contribution in [0.1, 0.15) is 0 Å². The van der Waals surface area contributed by atoms with Crippen LogP contribution < -0.4 is 5.32 Å². The first-order valence-electron chi connectivity index (χ1n) is 5.39. The van der Waals surface area contributed by atoms with E-state index in [1.54, 1.807) is 0 Å². The van der Waals surface area contributed by atoms with Crippen LogP contribution in [0, 0.1) is 0 Å². The first-order chi connectivity index (χ1) is 8.92. The molecule has 1 aliphatic rings. The summed E-state index contributed by atoms with van der Waals surface area (Å²) in [5.41, 5.74) is 0. The normalized spacial score (nSPS) is 29.7. The van der Waals surface area contributed by atoms with Gasteiger partial charge in [-0.15, -0.1) is 0 Å². The number of carboxylic acid groups (broad SMARTS) is 1. The van der Waals surface area contributed by atoms with Crippen LogP contribution in [0.3, 0.4) is 0 Å². The monoisotopic (exact) mass is 277 g/mol. The third-order valence-electron chi connectivity index (χ3n) is 2.70. The van der Waals surface area contributed by atoms with Crippen molar-refractivity contribution in [3.05, 3.63) is 11.8 Å². The third kappa shape index (κ3) is 3.41. The molecule has 0 unspecified atom stereocenters. The molecule has 9 nitrogen and oxygen atoms in total. The second kappa shape index (κ2) is 6.48. The zero-order valence-electron chi connectivity index (χ0n) is 9.71. The van der Waals surface area contributed by atoms with Crippen molar-refractivity contribution < 1.29 is 39.9 Å². The number of carbonyl (C=O) groups excluding carboxylic acids is 1. The fraction of sp³-hybridized carbons (Fsp3) is 0.600. The van der Waals surface area contributed by atoms with Gasteiger partial charge in [0.25, 0.3) is 0 Å². The maximum atomic E-state index is 10.8. The van der Waals surface area contributed by atoms with E-state index in [2.05, 4.69) is 5.32 Å². The van der Waals surface area contributed by atoms with E-state index >= 15 is 0 Å². The van der Waals surface area contributed by atoms with Gasteiger partial charge in [-0.25, -0.2) is 4.79 Å². The summed E-state index contributed by atoms with van der Waals surface area (Å²) in [6, 6.07) is -1.16. The predicted molar refractivity (Wildman–Crippen MR) is 58.7 cm³/mol. The number of rotatable bonds is 6. The van der Waals surface area contributed by atoms with Gasteiger partial charge in [0.1, 0.15) is 18.3 Å². The molecule has 0 aromatic carbocycles. The Bertz CT molecular complexity index is 371. The number of aliphatic hydroxyl groups is 4. The van der Waals surface area contributed by atoms with Crippen LogP contribution >= 0.6 is 0 Å². The first-order valence-corrected chi connectivity index (χ1v) is 5.39. The number of carboxylic acids is 1. The Morgan fingerprint density at radius 2 is 2.16 bits per heavy atom. The molecule has 1 rings (SSSR count). The molecule has 0 radical (unpaired) electrons. The van der Waals surface area contributed by atoms with Crippen molar-refractivity contribution in [3.8, 4) is 0 Å². The van der Waals surface area contributed by atoms with Crippen LogP contribution in [0.25, 0.3) is 0 Å². The van der Waals surface area contributed by atoms with Crippen LogP contribution in [0.5, 0.6) is 0 Å². The molecule has 108 valence electrons. The molecule has 0 bridgehead atoms. The molecule has 6 N–H and O–H groups in total. The Balaban J connectivity index is 2.99. The van der Waals surface area contributed by atoms with Crippen molar-refractivity contribution in [2.24, 2.45) is 0 Å². The lowest BCUT2D eigenvalue weighted by Gasteiger charge is -2.37. The third-order valence-corrected chi connectivity index (χ3v) is 2.70. The Labute approximate surface area is 107 Å². The quantitative estimate of drug-likeness (QED) is 0.273. The lowest BCUT2D eigenvalue weighted by atomic mass is 9.94. The largest absolute Gasteiger partial charge is 0.478 e. The molecule has 19 heavy (non-hydrogen) atoms. The van der Waals surface area contributed by atoms with E-state index in [-0.39, 0.29) is 6.41 Å². The molecular formula is C10H15NO8. The number of hydrogen-bond acceptors (Lipinski definition) is 7. The molecule has 0 saturated heterocycles. The fourth-order valence-corrected chi connectivity index (χ4v) is 1.72. The standard InChI is InChI=1S/C10H15NO8/c12-2-5(15)8(16)9-7(11-3-13)4(14)1-6(19-9)10(17)18/h1,3-5,7-9,12,14-16H,2H2,(H,11,13)(H,17,18)/t4-,5+,7+,8+,9+/m0/s1. The Kier molecular flexibility index (Phi) is 5.24. The number of nitrogens with one attached hydrogen (secondary N) is 1. The van der Waals surface area contributed by atoms with Crippen LogP contribution in [0.2, 0.25) is 0 Å². The zero-order valence-corrected chi connectivity index (χ0v) is 9.71. The number of amides is 1. The van der Waals surface area contributed by atoms with Gasteiger partial charge in [0, 0.05) is 0 Å². The van der Waals surface area contributed by atoms with E-state index in [0.717, 1.165) is 6.08 Å². The summed E-state index contributed by atoms with van der Waals surface area (Å²) in [5.74, 6) is -2.09. The van der Waals surface area contributed by atoms with Crippen molar-refractivity contribution in [1.29, 1.82) is 0 Å². The van der Waals surface area contributed by atoms with E-state index in [1.165, 1.54) is 0 Å². The number of ether oxygens (including phenoxy) is 1. The van der Waals surface area contributed by atoms with Gasteiger partial charge in [0.15, 0.2) is 6.10 Å². The van der Waals surface area contributed by atoms with Gasteiger partial charge in [-0.1, -0.05) is 0 Å². The van der Waals surface area contributed by atoms with Crippen molar-refractivity contribution in [2.45, 2.75) is 30.5 Å². The molecule has 0 aliphatic carbocycles. The highest BCUT2D eigenvalue weighted by Crippen LogP contribution is 2.22. The molecule has 0 aromatic rings. The fourth-order valence-electron chi connectivity index (χ4n) is 1.72. The molecule has 0 saturated carbocycles. The first kappa shape index (κ1) is 15.4. The van der Waals surface area contributed by atoms with Gasteiger partial charge in [-0.3, -0.25) is 4.79 Å². The van der Waals surface area contributed by atoms with Gasteiger partial charge < -0.3 is 35.6 Å². The molecule has 0 spiro atoms. The minimum Gasteiger partial charge on any atom is -0.478 e. The molecular weight excluding hydrogens is 262 g/mol. The van der Waals surface area contributed by atoms with E-state index in [0.29, 0.717) is 0 Å². The van der Waals surface area contributed by atoms with Crippen molar-refractivity contribution in [1.82, 2.24) is 5.32 Å². The Hall–Kier alpha value is -1.68. The Morgan fingerprint density at radius 3 is 2.63 bits per heavy atom. The van der Waals surface area contributed by atoms with Crippen molar-refractivity contribution in [2.75, 3.05) is 6.61 Å². The van der Waals surface area contributed by atoms with E-state index in [1.807, 2.05) is 0 Å². The van der Waals surface area contributed by atoms with E-state index in [9.17, 15) is 24.9 Å². The average Bonchev–Trinajstić information content (AvgIpc) is 2.38. The van der Waals surface area contributed by atoms with Gasteiger partial charge in [-0.2, -0.15) is 0 Å². The van der Waals surface area contributed by atoms with Gasteiger partial charge in [0.2, 0.25) is 12.2 Å². The molecule has 1 amide bonds. The van der Waals surface area contributed by atoms with Gasteiger partial charge in [0.05, 0.1) is 12.6 Å². The number of aliphatic carboxylic acids is 1. The lowest BCUT2D eigenvalue weighted by molar-refractivity contribution is -0.148. The van der Waals surface area contributed by atoms with Crippen LogP contribution in [0.4, 0.5) is 0 Å². The van der Waals surface area contributed by atoms with Gasteiger partial charge in [-0.05, 0) is 6.08 Å². The molecule has 1 heterocycles. The Morgan fingerprint density at radius 1 is 1.53 bits per heavy atom. The maximum Gasteiger partial charge on any atom is 0.370 e. The minimum absolute atomic E-state index is 0.238. The summed E-state index contributed by atoms with van der Waals surface area (Å²) in [7, 11) is 0. The summed E-state index contributed by atoms with van der Waals surface area (Å²) in [6.07, 6.45) is -5.05. The second-order valence-electron chi connectivity index (χ2n) is 3.96.